The molecule has 0 amide bonds. The summed E-state index contributed by atoms with van der Waals surface area (Å²) in [5, 5.41) is 0.837. The Hall–Kier alpha value is -2.40. The van der Waals surface area contributed by atoms with Crippen molar-refractivity contribution in [1.82, 2.24) is 4.57 Å². The molecule has 1 heterocycles. The van der Waals surface area contributed by atoms with E-state index in [1.807, 2.05) is 0 Å². The van der Waals surface area contributed by atoms with E-state index in [4.69, 9.17) is 4.74 Å². The van der Waals surface area contributed by atoms with Crippen molar-refractivity contribution in [3.63, 3.8) is 0 Å². The van der Waals surface area contributed by atoms with Gasteiger partial charge in [0, 0.05) is 24.1 Å². The molecule has 0 aliphatic rings. The third-order valence-electron chi connectivity index (χ3n) is 4.08. The zero-order chi connectivity index (χ0) is 18.4. The molecule has 134 valence electrons. The highest BCUT2D eigenvalue weighted by Gasteiger charge is 2.02. The highest BCUT2D eigenvalue weighted by Crippen LogP contribution is 2.12. The molecule has 0 bridgehead atoms. The van der Waals surface area contributed by atoms with Crippen molar-refractivity contribution in [2.75, 3.05) is 0 Å². The number of alkyl halides is 1. The number of aromatic nitrogens is 1. The summed E-state index contributed by atoms with van der Waals surface area (Å²) in [6.07, 6.45) is 2.52. The monoisotopic (exact) mass is 415 g/mol. The third-order valence-corrected chi connectivity index (χ3v) is 4.73. The molecule has 0 spiro atoms. The number of pyridine rings is 1. The summed E-state index contributed by atoms with van der Waals surface area (Å²) in [5.41, 5.74) is 3.03. The van der Waals surface area contributed by atoms with Gasteiger partial charge in [0.25, 0.3) is 5.56 Å². The molecule has 0 saturated carbocycles. The first kappa shape index (κ1) is 18.4. The normalized spacial score (nSPS) is 10.7. The van der Waals surface area contributed by atoms with E-state index < -0.39 is 0 Å². The number of hydrogen-bond donors (Lipinski definition) is 0. The number of hydrogen-bond acceptors (Lipinski definition) is 2. The highest BCUT2D eigenvalue weighted by atomic mass is 79.9. The molecule has 2 aromatic carbocycles. The van der Waals surface area contributed by atoms with Crippen LogP contribution in [-0.2, 0) is 24.9 Å². The number of aryl methyl sites for hydroxylation is 2. The predicted molar refractivity (Wildman–Crippen MR) is 104 cm³/mol. The minimum absolute atomic E-state index is 0.112. The Morgan fingerprint density at radius 1 is 0.962 bits per heavy atom. The molecule has 0 radical (unpaired) electrons. The molecule has 5 heteroatoms. The zero-order valence-electron chi connectivity index (χ0n) is 14.2. The maximum absolute atomic E-state index is 13.2. The molecule has 3 aromatic rings. The maximum atomic E-state index is 13.2. The molecule has 1 aromatic heterocycles. The molecule has 0 aliphatic heterocycles. The lowest BCUT2D eigenvalue weighted by Crippen LogP contribution is -2.19. The van der Waals surface area contributed by atoms with Gasteiger partial charge in [0.1, 0.15) is 18.2 Å². The first-order valence-electron chi connectivity index (χ1n) is 8.35. The maximum Gasteiger partial charge on any atom is 0.254 e. The molecule has 0 unspecified atom stereocenters. The second kappa shape index (κ2) is 8.81. The fourth-order valence-electron chi connectivity index (χ4n) is 2.60. The van der Waals surface area contributed by atoms with E-state index in [0.29, 0.717) is 12.3 Å². The second-order valence-electron chi connectivity index (χ2n) is 6.01. The summed E-state index contributed by atoms with van der Waals surface area (Å²) in [6, 6.07) is 17.8. The van der Waals surface area contributed by atoms with Crippen molar-refractivity contribution >= 4 is 15.9 Å². The molecular formula is C21H19BrFNO2. The molecule has 26 heavy (non-hydrogen) atoms. The summed E-state index contributed by atoms with van der Waals surface area (Å²) >= 11 is 3.43. The van der Waals surface area contributed by atoms with Gasteiger partial charge in [-0.05, 0) is 41.3 Å². The van der Waals surface area contributed by atoms with E-state index in [9.17, 15) is 9.18 Å². The number of rotatable bonds is 7. The van der Waals surface area contributed by atoms with Gasteiger partial charge in [-0.15, -0.1) is 0 Å². The summed E-state index contributed by atoms with van der Waals surface area (Å²) in [5.74, 6) is 0.183. The first-order chi connectivity index (χ1) is 12.6. The highest BCUT2D eigenvalue weighted by molar-refractivity contribution is 9.08. The Labute approximate surface area is 160 Å². The minimum atomic E-state index is -0.300. The Morgan fingerprint density at radius 3 is 2.42 bits per heavy atom. The van der Waals surface area contributed by atoms with Gasteiger partial charge < -0.3 is 9.30 Å². The van der Waals surface area contributed by atoms with E-state index >= 15 is 0 Å². The predicted octanol–water partition coefficient (Wildman–Crippen LogP) is 4.70. The van der Waals surface area contributed by atoms with Crippen LogP contribution >= 0.6 is 15.9 Å². The van der Waals surface area contributed by atoms with E-state index in [1.165, 1.54) is 29.3 Å². The Balaban J connectivity index is 1.59. The largest absolute Gasteiger partial charge is 0.489 e. The quantitative estimate of drug-likeness (QED) is 0.523. The van der Waals surface area contributed by atoms with Crippen LogP contribution < -0.4 is 10.3 Å². The van der Waals surface area contributed by atoms with Crippen LogP contribution in [0.4, 0.5) is 4.39 Å². The topological polar surface area (TPSA) is 31.2 Å². The molecule has 0 saturated heterocycles. The van der Waals surface area contributed by atoms with Crippen molar-refractivity contribution in [3.8, 4) is 5.75 Å². The summed E-state index contributed by atoms with van der Waals surface area (Å²) in [7, 11) is 0. The van der Waals surface area contributed by atoms with E-state index in [-0.39, 0.29) is 18.0 Å². The number of nitrogens with zero attached hydrogens (tertiary/aromatic N) is 1. The van der Waals surface area contributed by atoms with Crippen LogP contribution in [0.3, 0.4) is 0 Å². The van der Waals surface area contributed by atoms with Crippen LogP contribution in [0.25, 0.3) is 0 Å². The van der Waals surface area contributed by atoms with Crippen LogP contribution in [0.5, 0.6) is 5.75 Å². The van der Waals surface area contributed by atoms with Gasteiger partial charge in [0.05, 0.1) is 0 Å². The Morgan fingerprint density at radius 2 is 1.73 bits per heavy atom. The van der Waals surface area contributed by atoms with E-state index in [2.05, 4.69) is 40.2 Å². The summed E-state index contributed by atoms with van der Waals surface area (Å²) in [4.78, 5) is 12.2. The van der Waals surface area contributed by atoms with Gasteiger partial charge >= 0.3 is 0 Å². The van der Waals surface area contributed by atoms with Gasteiger partial charge in [0.2, 0.25) is 0 Å². The van der Waals surface area contributed by atoms with Gasteiger partial charge in [-0.25, -0.2) is 4.39 Å². The Bertz CT molecular complexity index is 922. The van der Waals surface area contributed by atoms with Gasteiger partial charge in [-0.3, -0.25) is 4.79 Å². The lowest BCUT2D eigenvalue weighted by atomic mass is 10.1. The van der Waals surface area contributed by atoms with Crippen LogP contribution in [0.2, 0.25) is 0 Å². The lowest BCUT2D eigenvalue weighted by molar-refractivity contribution is 0.304. The fourth-order valence-corrected chi connectivity index (χ4v) is 2.98. The van der Waals surface area contributed by atoms with Crippen molar-refractivity contribution in [3.05, 3.63) is 99.7 Å². The fraction of sp³-hybridized carbons (Fsp3) is 0.190. The summed E-state index contributed by atoms with van der Waals surface area (Å²) < 4.78 is 20.4. The van der Waals surface area contributed by atoms with Crippen LogP contribution in [-0.4, -0.2) is 4.57 Å². The first-order valence-corrected chi connectivity index (χ1v) is 9.48. The van der Waals surface area contributed by atoms with Gasteiger partial charge in [-0.1, -0.05) is 52.3 Å². The zero-order valence-corrected chi connectivity index (χ0v) is 15.8. The average Bonchev–Trinajstić information content (AvgIpc) is 2.66. The molecule has 0 aliphatic carbocycles. The molecule has 3 nitrogen and oxygen atoms in total. The van der Waals surface area contributed by atoms with Gasteiger partial charge in [0.15, 0.2) is 0 Å². The lowest BCUT2D eigenvalue weighted by Gasteiger charge is -2.09. The van der Waals surface area contributed by atoms with E-state index in [1.54, 1.807) is 29.0 Å². The van der Waals surface area contributed by atoms with Crippen LogP contribution in [0.15, 0.2) is 71.7 Å². The molecule has 0 N–H and O–H groups in total. The third kappa shape index (κ3) is 5.05. The Kier molecular flexibility index (Phi) is 6.23. The average molecular weight is 416 g/mol. The SMILES string of the molecule is O=c1cc(OCc2cccc(F)c2)ccn1CCc1ccc(CBr)cc1. The minimum Gasteiger partial charge on any atom is -0.489 e. The number of ether oxygens (including phenoxy) is 1. The standard InChI is InChI=1S/C21H19BrFNO2/c22-14-17-6-4-16(5-7-17)8-10-24-11-9-20(13-21(24)25)26-15-18-2-1-3-19(23)12-18/h1-7,9,11-13H,8,10,14-15H2. The molecule has 0 fully saturated rings. The molecule has 0 atom stereocenters. The van der Waals surface area contributed by atoms with Crippen molar-refractivity contribution in [2.24, 2.45) is 0 Å². The van der Waals surface area contributed by atoms with Crippen molar-refractivity contribution < 1.29 is 9.13 Å². The van der Waals surface area contributed by atoms with E-state index in [0.717, 1.165) is 17.3 Å². The number of benzene rings is 2. The molecule has 3 rings (SSSR count). The van der Waals surface area contributed by atoms with Crippen molar-refractivity contribution in [1.29, 1.82) is 0 Å². The van der Waals surface area contributed by atoms with Crippen LogP contribution in [0, 0.1) is 5.82 Å². The van der Waals surface area contributed by atoms with Gasteiger partial charge in [-0.2, -0.15) is 0 Å². The summed E-state index contributed by atoms with van der Waals surface area (Å²) in [6.45, 7) is 0.831. The second-order valence-corrected chi connectivity index (χ2v) is 6.57. The van der Waals surface area contributed by atoms with Crippen molar-refractivity contribution in [2.45, 2.75) is 24.9 Å². The number of halogens is 2. The van der Waals surface area contributed by atoms with Crippen LogP contribution in [0.1, 0.15) is 16.7 Å². The molecular weight excluding hydrogens is 397 g/mol. The smallest absolute Gasteiger partial charge is 0.254 e.